The highest BCUT2D eigenvalue weighted by Gasteiger charge is 2.38. The number of carbonyl (C=O) groups is 1. The minimum absolute atomic E-state index is 0.0534. The van der Waals surface area contributed by atoms with Crippen LogP contribution in [0, 0.1) is 0 Å². The van der Waals surface area contributed by atoms with Crippen LogP contribution in [0.2, 0.25) is 0 Å². The molecule has 0 radical (unpaired) electrons. The first-order chi connectivity index (χ1) is 11.8. The molecule has 8 nitrogen and oxygen atoms in total. The van der Waals surface area contributed by atoms with Crippen LogP contribution in [-0.2, 0) is 19.5 Å². The van der Waals surface area contributed by atoms with Gasteiger partial charge in [0.25, 0.3) is 0 Å². The maximum atomic E-state index is 11.9. The molecule has 2 saturated heterocycles. The van der Waals surface area contributed by atoms with Crippen molar-refractivity contribution >= 4 is 16.1 Å². The van der Waals surface area contributed by atoms with E-state index in [0.717, 1.165) is 32.4 Å². The van der Waals surface area contributed by atoms with Crippen LogP contribution in [0.3, 0.4) is 0 Å². The lowest BCUT2D eigenvalue weighted by atomic mass is 9.96. The minimum atomic E-state index is -3.15. The zero-order valence-corrected chi connectivity index (χ0v) is 16.5. The number of sulfonamides is 1. The first-order valence-corrected chi connectivity index (χ1v) is 10.7. The molecule has 2 aliphatic rings. The zero-order chi connectivity index (χ0) is 18.6. The second kappa shape index (κ2) is 8.66. The van der Waals surface area contributed by atoms with Crippen molar-refractivity contribution in [2.24, 2.45) is 0 Å². The number of piperidine rings is 2. The van der Waals surface area contributed by atoms with Crippen molar-refractivity contribution in [1.82, 2.24) is 14.1 Å². The van der Waals surface area contributed by atoms with E-state index in [-0.39, 0.29) is 24.3 Å². The molecule has 0 aliphatic carbocycles. The molecular formula is C16H31N3O5S. The number of methoxy groups -OCH3 is 1. The van der Waals surface area contributed by atoms with E-state index in [1.807, 2.05) is 0 Å². The van der Waals surface area contributed by atoms with Crippen LogP contribution in [0.25, 0.3) is 0 Å². The van der Waals surface area contributed by atoms with Gasteiger partial charge in [0, 0.05) is 45.9 Å². The lowest BCUT2D eigenvalue weighted by Crippen LogP contribution is -2.58. The number of carbonyl (C=O) groups excluding carboxylic acids is 1. The lowest BCUT2D eigenvalue weighted by Gasteiger charge is -2.45. The average molecular weight is 378 g/mol. The van der Waals surface area contributed by atoms with Gasteiger partial charge in [-0.15, -0.1) is 0 Å². The highest BCUT2D eigenvalue weighted by molar-refractivity contribution is 7.88. The van der Waals surface area contributed by atoms with Crippen molar-refractivity contribution in [1.29, 1.82) is 0 Å². The Labute approximate surface area is 151 Å². The summed E-state index contributed by atoms with van der Waals surface area (Å²) in [5.74, 6) is 0. The molecule has 2 rings (SSSR count). The molecule has 1 amide bonds. The van der Waals surface area contributed by atoms with Crippen molar-refractivity contribution < 1.29 is 22.7 Å². The van der Waals surface area contributed by atoms with E-state index in [2.05, 4.69) is 4.90 Å². The van der Waals surface area contributed by atoms with Gasteiger partial charge in [-0.1, -0.05) is 0 Å². The summed E-state index contributed by atoms with van der Waals surface area (Å²) in [4.78, 5) is 16.0. The van der Waals surface area contributed by atoms with E-state index in [4.69, 9.17) is 9.47 Å². The number of hydrogen-bond acceptors (Lipinski definition) is 6. The Hall–Kier alpha value is -0.900. The largest absolute Gasteiger partial charge is 0.450 e. The molecule has 0 bridgehead atoms. The molecule has 146 valence electrons. The standard InChI is InChI=1S/C16H31N3O5S/c1-5-24-16(20)19-11-8-14(15(12-19)23-3)18-9-6-13(7-10-18)17(2)25(4,21)22/h13-15H,5-12H2,1-4H3. The summed E-state index contributed by atoms with van der Waals surface area (Å²) in [6.45, 7) is 5.05. The van der Waals surface area contributed by atoms with Crippen LogP contribution in [0.15, 0.2) is 0 Å². The smallest absolute Gasteiger partial charge is 0.409 e. The quantitative estimate of drug-likeness (QED) is 0.698. The fourth-order valence-electron chi connectivity index (χ4n) is 3.79. The molecule has 2 aliphatic heterocycles. The molecule has 9 heteroatoms. The number of ether oxygens (including phenoxy) is 2. The van der Waals surface area contributed by atoms with Gasteiger partial charge in [0.1, 0.15) is 0 Å². The molecule has 0 spiro atoms. The van der Waals surface area contributed by atoms with Crippen LogP contribution in [-0.4, -0.2) is 100 Å². The Kier molecular flexibility index (Phi) is 7.07. The Balaban J connectivity index is 1.91. The maximum Gasteiger partial charge on any atom is 0.409 e. The highest BCUT2D eigenvalue weighted by atomic mass is 32.2. The van der Waals surface area contributed by atoms with E-state index >= 15 is 0 Å². The van der Waals surface area contributed by atoms with Crippen LogP contribution in [0.1, 0.15) is 26.2 Å². The van der Waals surface area contributed by atoms with Gasteiger partial charge in [0.2, 0.25) is 10.0 Å². The number of nitrogens with zero attached hydrogens (tertiary/aromatic N) is 3. The van der Waals surface area contributed by atoms with Gasteiger partial charge in [0.05, 0.1) is 25.5 Å². The van der Waals surface area contributed by atoms with E-state index in [1.54, 1.807) is 26.0 Å². The van der Waals surface area contributed by atoms with Gasteiger partial charge in [0.15, 0.2) is 0 Å². The summed E-state index contributed by atoms with van der Waals surface area (Å²) < 4.78 is 35.6. The molecule has 0 aromatic carbocycles. The summed E-state index contributed by atoms with van der Waals surface area (Å²) in [5, 5.41) is 0. The van der Waals surface area contributed by atoms with Gasteiger partial charge in [-0.3, -0.25) is 4.90 Å². The molecule has 2 unspecified atom stereocenters. The van der Waals surface area contributed by atoms with Crippen molar-refractivity contribution in [3.63, 3.8) is 0 Å². The Morgan fingerprint density at radius 3 is 2.36 bits per heavy atom. The summed E-state index contributed by atoms with van der Waals surface area (Å²) in [6, 6.07) is 0.312. The van der Waals surface area contributed by atoms with Gasteiger partial charge in [-0.25, -0.2) is 17.5 Å². The monoisotopic (exact) mass is 377 g/mol. The number of hydrogen-bond donors (Lipinski definition) is 0. The first-order valence-electron chi connectivity index (χ1n) is 8.89. The SMILES string of the molecule is CCOC(=O)N1CCC(N2CCC(N(C)S(C)(=O)=O)CC2)C(OC)C1. The molecule has 0 N–H and O–H groups in total. The first kappa shape index (κ1) is 20.4. The van der Waals surface area contributed by atoms with E-state index in [1.165, 1.54) is 10.6 Å². The summed E-state index contributed by atoms with van der Waals surface area (Å²) in [5.41, 5.74) is 0. The summed E-state index contributed by atoms with van der Waals surface area (Å²) in [6.07, 6.45) is 3.39. The molecule has 0 aromatic heterocycles. The van der Waals surface area contributed by atoms with E-state index in [0.29, 0.717) is 19.7 Å². The molecular weight excluding hydrogens is 346 g/mol. The molecule has 2 fully saturated rings. The third-order valence-corrected chi connectivity index (χ3v) is 6.70. The predicted octanol–water partition coefficient (Wildman–Crippen LogP) is 0.588. The van der Waals surface area contributed by atoms with Crippen LogP contribution in [0.5, 0.6) is 0 Å². The van der Waals surface area contributed by atoms with Crippen LogP contribution in [0.4, 0.5) is 4.79 Å². The van der Waals surface area contributed by atoms with Crippen LogP contribution >= 0.6 is 0 Å². The number of rotatable bonds is 5. The lowest BCUT2D eigenvalue weighted by molar-refractivity contribution is -0.0440. The van der Waals surface area contributed by atoms with Crippen LogP contribution < -0.4 is 0 Å². The van der Waals surface area contributed by atoms with Crippen molar-refractivity contribution in [2.75, 3.05) is 53.2 Å². The van der Waals surface area contributed by atoms with Crippen molar-refractivity contribution in [2.45, 2.75) is 44.4 Å². The topological polar surface area (TPSA) is 79.4 Å². The Morgan fingerprint density at radius 2 is 1.84 bits per heavy atom. The summed E-state index contributed by atoms with van der Waals surface area (Å²) in [7, 11) is 0.185. The summed E-state index contributed by atoms with van der Waals surface area (Å²) >= 11 is 0. The fourth-order valence-corrected chi connectivity index (χ4v) is 4.54. The van der Waals surface area contributed by atoms with Gasteiger partial charge < -0.3 is 14.4 Å². The second-order valence-corrected chi connectivity index (χ2v) is 8.86. The maximum absolute atomic E-state index is 11.9. The Bertz CT molecular complexity index is 548. The van der Waals surface area contributed by atoms with E-state index < -0.39 is 10.0 Å². The van der Waals surface area contributed by atoms with Gasteiger partial charge in [-0.2, -0.15) is 0 Å². The number of likely N-dealkylation sites (tertiary alicyclic amines) is 2. The van der Waals surface area contributed by atoms with Crippen molar-refractivity contribution in [3.05, 3.63) is 0 Å². The molecule has 2 heterocycles. The highest BCUT2D eigenvalue weighted by Crippen LogP contribution is 2.25. The predicted molar refractivity (Wildman–Crippen MR) is 95.0 cm³/mol. The average Bonchev–Trinajstić information content (AvgIpc) is 2.60. The molecule has 25 heavy (non-hydrogen) atoms. The molecule has 2 atom stereocenters. The Morgan fingerprint density at radius 1 is 1.20 bits per heavy atom. The zero-order valence-electron chi connectivity index (χ0n) is 15.7. The molecule has 0 aromatic rings. The number of amides is 1. The fraction of sp³-hybridized carbons (Fsp3) is 0.938. The third-order valence-electron chi connectivity index (χ3n) is 5.36. The third kappa shape index (κ3) is 5.06. The van der Waals surface area contributed by atoms with Gasteiger partial charge >= 0.3 is 6.09 Å². The minimum Gasteiger partial charge on any atom is -0.450 e. The van der Waals surface area contributed by atoms with Crippen molar-refractivity contribution in [3.8, 4) is 0 Å². The van der Waals surface area contributed by atoms with E-state index in [9.17, 15) is 13.2 Å². The van der Waals surface area contributed by atoms with Gasteiger partial charge in [-0.05, 0) is 26.2 Å². The molecule has 0 saturated carbocycles. The second-order valence-electron chi connectivity index (χ2n) is 6.82. The normalized spacial score (nSPS) is 26.8.